The summed E-state index contributed by atoms with van der Waals surface area (Å²) in [6, 6.07) is 2.99. The lowest BCUT2D eigenvalue weighted by atomic mass is 9.94. The van der Waals surface area contributed by atoms with Crippen LogP contribution in [0.1, 0.15) is 57.3 Å². The Hall–Kier alpha value is -0.540. The van der Waals surface area contributed by atoms with Gasteiger partial charge in [0.15, 0.2) is 0 Å². The smallest absolute Gasteiger partial charge is 0.0625 e. The number of rotatable bonds is 7. The molecule has 1 aliphatic carbocycles. The van der Waals surface area contributed by atoms with Crippen molar-refractivity contribution in [2.75, 3.05) is 12.4 Å². The molecule has 0 bridgehead atoms. The second-order valence-corrected chi connectivity index (χ2v) is 6.13. The highest BCUT2D eigenvalue weighted by molar-refractivity contribution is 6.18. The maximum absolute atomic E-state index is 6.02. The number of aromatic nitrogens is 2. The average molecular weight is 298 g/mol. The fourth-order valence-corrected chi connectivity index (χ4v) is 3.46. The van der Waals surface area contributed by atoms with Gasteiger partial charge in [-0.05, 0) is 32.3 Å². The van der Waals surface area contributed by atoms with Crippen LogP contribution in [-0.2, 0) is 19.5 Å². The van der Waals surface area contributed by atoms with Crippen molar-refractivity contribution < 1.29 is 0 Å². The zero-order chi connectivity index (χ0) is 14.4. The van der Waals surface area contributed by atoms with Crippen LogP contribution in [0.25, 0.3) is 0 Å². The van der Waals surface area contributed by atoms with Gasteiger partial charge in [0.1, 0.15) is 0 Å². The van der Waals surface area contributed by atoms with Gasteiger partial charge in [-0.25, -0.2) is 0 Å². The van der Waals surface area contributed by atoms with E-state index in [4.69, 9.17) is 11.6 Å². The van der Waals surface area contributed by atoms with Crippen LogP contribution in [0.2, 0.25) is 0 Å². The molecule has 3 nitrogen and oxygen atoms in total. The van der Waals surface area contributed by atoms with E-state index < -0.39 is 0 Å². The van der Waals surface area contributed by atoms with E-state index in [2.05, 4.69) is 34.6 Å². The predicted molar refractivity (Wildman–Crippen MR) is 85.3 cm³/mol. The summed E-state index contributed by atoms with van der Waals surface area (Å²) in [6.45, 7) is 7.28. The Kier molecular flexibility index (Phi) is 6.37. The summed E-state index contributed by atoms with van der Waals surface area (Å²) in [4.78, 5) is 2.58. The van der Waals surface area contributed by atoms with E-state index in [9.17, 15) is 0 Å². The normalized spacial score (nSPS) is 17.0. The van der Waals surface area contributed by atoms with E-state index in [0.29, 0.717) is 6.04 Å². The Balaban J connectivity index is 2.08. The molecule has 0 saturated heterocycles. The maximum Gasteiger partial charge on any atom is 0.0625 e. The molecular weight excluding hydrogens is 270 g/mol. The molecule has 0 amide bonds. The molecule has 0 spiro atoms. The minimum Gasteiger partial charge on any atom is -0.293 e. The molecule has 114 valence electrons. The number of halogens is 1. The third-order valence-electron chi connectivity index (χ3n) is 4.40. The van der Waals surface area contributed by atoms with E-state index in [0.717, 1.165) is 31.9 Å². The lowest BCUT2D eigenvalue weighted by molar-refractivity contribution is 0.153. The van der Waals surface area contributed by atoms with E-state index in [1.165, 1.54) is 43.5 Å². The van der Waals surface area contributed by atoms with Crippen molar-refractivity contribution in [2.24, 2.45) is 0 Å². The summed E-state index contributed by atoms with van der Waals surface area (Å²) >= 11 is 6.02. The van der Waals surface area contributed by atoms with Crippen molar-refractivity contribution in [2.45, 2.75) is 71.5 Å². The van der Waals surface area contributed by atoms with Gasteiger partial charge in [-0.2, -0.15) is 5.10 Å². The van der Waals surface area contributed by atoms with Gasteiger partial charge in [-0.3, -0.25) is 9.58 Å². The van der Waals surface area contributed by atoms with E-state index in [-0.39, 0.29) is 0 Å². The van der Waals surface area contributed by atoms with Crippen LogP contribution < -0.4 is 0 Å². The van der Waals surface area contributed by atoms with Crippen molar-refractivity contribution in [1.82, 2.24) is 14.7 Å². The first-order valence-electron chi connectivity index (χ1n) is 8.14. The van der Waals surface area contributed by atoms with Crippen LogP contribution in [0.5, 0.6) is 0 Å². The molecule has 20 heavy (non-hydrogen) atoms. The van der Waals surface area contributed by atoms with Gasteiger partial charge in [-0.15, -0.1) is 11.6 Å². The molecule has 4 heteroatoms. The summed E-state index contributed by atoms with van der Waals surface area (Å²) in [7, 11) is 0. The molecule has 1 fully saturated rings. The van der Waals surface area contributed by atoms with Crippen molar-refractivity contribution in [3.05, 3.63) is 17.5 Å². The van der Waals surface area contributed by atoms with Gasteiger partial charge < -0.3 is 0 Å². The van der Waals surface area contributed by atoms with Crippen LogP contribution in [-0.4, -0.2) is 33.1 Å². The number of hydrogen-bond donors (Lipinski definition) is 0. The Bertz CT molecular complexity index is 396. The lowest BCUT2D eigenvalue weighted by Gasteiger charge is -2.34. The highest BCUT2D eigenvalue weighted by Gasteiger charge is 2.22. The predicted octanol–water partition coefficient (Wildman–Crippen LogP) is 3.84. The second-order valence-electron chi connectivity index (χ2n) is 5.75. The lowest BCUT2D eigenvalue weighted by Crippen LogP contribution is -2.38. The summed E-state index contributed by atoms with van der Waals surface area (Å²) in [6.07, 6.45) is 7.82. The molecule has 1 aliphatic rings. The minimum absolute atomic E-state index is 0.716. The highest BCUT2D eigenvalue weighted by Crippen LogP contribution is 2.24. The molecule has 0 radical (unpaired) electrons. The van der Waals surface area contributed by atoms with Gasteiger partial charge in [0.2, 0.25) is 0 Å². The first kappa shape index (κ1) is 15.8. The van der Waals surface area contributed by atoms with Crippen molar-refractivity contribution in [1.29, 1.82) is 0 Å². The molecule has 0 aromatic carbocycles. The van der Waals surface area contributed by atoms with Gasteiger partial charge in [-0.1, -0.05) is 26.2 Å². The summed E-state index contributed by atoms with van der Waals surface area (Å²) < 4.78 is 2.16. The summed E-state index contributed by atoms with van der Waals surface area (Å²) in [5.74, 6) is 0.720. The molecule has 0 N–H and O–H groups in total. The maximum atomic E-state index is 6.02. The zero-order valence-corrected chi connectivity index (χ0v) is 13.7. The Morgan fingerprint density at radius 3 is 2.65 bits per heavy atom. The van der Waals surface area contributed by atoms with E-state index >= 15 is 0 Å². The standard InChI is InChI=1S/C16H28ClN3/c1-3-14-12-16(20(4-2)18-14)13-19(11-10-17)15-8-6-5-7-9-15/h12,15H,3-11,13H2,1-2H3. The Labute approximate surface area is 128 Å². The third kappa shape index (κ3) is 3.98. The molecule has 0 unspecified atom stereocenters. The van der Waals surface area contributed by atoms with E-state index in [1.54, 1.807) is 0 Å². The molecule has 1 aromatic rings. The van der Waals surface area contributed by atoms with Crippen molar-refractivity contribution in [3.63, 3.8) is 0 Å². The molecule has 1 saturated carbocycles. The van der Waals surface area contributed by atoms with Crippen LogP contribution in [0.4, 0.5) is 0 Å². The SMILES string of the molecule is CCc1cc(CN(CCCl)C2CCCCC2)n(CC)n1. The second kappa shape index (κ2) is 8.04. The monoisotopic (exact) mass is 297 g/mol. The molecule has 1 heterocycles. The number of alkyl halides is 1. The first-order valence-corrected chi connectivity index (χ1v) is 8.67. The number of aryl methyl sites for hydroxylation is 2. The van der Waals surface area contributed by atoms with Crippen LogP contribution in [0.15, 0.2) is 6.07 Å². The fraction of sp³-hybridized carbons (Fsp3) is 0.812. The Morgan fingerprint density at radius 2 is 2.05 bits per heavy atom. The van der Waals surface area contributed by atoms with Crippen molar-refractivity contribution in [3.8, 4) is 0 Å². The zero-order valence-electron chi connectivity index (χ0n) is 12.9. The average Bonchev–Trinajstić information content (AvgIpc) is 2.90. The van der Waals surface area contributed by atoms with Crippen LogP contribution >= 0.6 is 11.6 Å². The number of nitrogens with zero attached hydrogens (tertiary/aromatic N) is 3. The molecule has 0 aliphatic heterocycles. The van der Waals surface area contributed by atoms with E-state index in [1.807, 2.05) is 0 Å². The first-order chi connectivity index (χ1) is 9.78. The Morgan fingerprint density at radius 1 is 1.30 bits per heavy atom. The minimum atomic E-state index is 0.716. The fourth-order valence-electron chi connectivity index (χ4n) is 3.24. The molecular formula is C16H28ClN3. The third-order valence-corrected chi connectivity index (χ3v) is 4.57. The molecule has 1 aromatic heterocycles. The van der Waals surface area contributed by atoms with Crippen LogP contribution in [0, 0.1) is 0 Å². The van der Waals surface area contributed by atoms with Crippen LogP contribution in [0.3, 0.4) is 0 Å². The van der Waals surface area contributed by atoms with Gasteiger partial charge >= 0.3 is 0 Å². The summed E-state index contributed by atoms with van der Waals surface area (Å²) in [5, 5.41) is 4.66. The largest absolute Gasteiger partial charge is 0.293 e. The van der Waals surface area contributed by atoms with Gasteiger partial charge in [0.05, 0.1) is 11.4 Å². The molecule has 2 rings (SSSR count). The van der Waals surface area contributed by atoms with Gasteiger partial charge in [0, 0.05) is 31.6 Å². The quantitative estimate of drug-likeness (QED) is 0.713. The topological polar surface area (TPSA) is 21.1 Å². The van der Waals surface area contributed by atoms with Gasteiger partial charge in [0.25, 0.3) is 0 Å². The number of hydrogen-bond acceptors (Lipinski definition) is 2. The van der Waals surface area contributed by atoms with Crippen molar-refractivity contribution >= 4 is 11.6 Å². The summed E-state index contributed by atoms with van der Waals surface area (Å²) in [5.41, 5.74) is 2.55. The molecule has 0 atom stereocenters. The highest BCUT2D eigenvalue weighted by atomic mass is 35.5.